The summed E-state index contributed by atoms with van der Waals surface area (Å²) in [7, 11) is 0. The maximum absolute atomic E-state index is 12.8. The van der Waals surface area contributed by atoms with Gasteiger partial charge in [0.05, 0.1) is 12.0 Å². The highest BCUT2D eigenvalue weighted by atomic mass is 32.2. The molecule has 0 aliphatic rings. The van der Waals surface area contributed by atoms with Crippen molar-refractivity contribution in [3.8, 4) is 0 Å². The van der Waals surface area contributed by atoms with Gasteiger partial charge in [0, 0.05) is 10.1 Å². The number of benzene rings is 2. The molecule has 2 rings (SSSR count). The summed E-state index contributed by atoms with van der Waals surface area (Å²) >= 11 is 1.57. The molecule has 4 heteroatoms. The number of rotatable bonds is 6. The molecule has 0 aliphatic heterocycles. The Morgan fingerprint density at radius 1 is 1.00 bits per heavy atom. The fourth-order valence-electron chi connectivity index (χ4n) is 2.59. The van der Waals surface area contributed by atoms with Crippen molar-refractivity contribution in [1.82, 2.24) is 0 Å². The maximum atomic E-state index is 12.8. The molecular weight excluding hydrogens is 332 g/mol. The SMILES string of the molecule is C[C@H](Sc1ccccc1)[C@@H](C(=O)OC(C)(C)C)[C@H](O)c1ccccc1. The molecular formula is C21H26O3S. The second-order valence-electron chi connectivity index (χ2n) is 7.05. The van der Waals surface area contributed by atoms with Crippen LogP contribution in [0.5, 0.6) is 0 Å². The maximum Gasteiger partial charge on any atom is 0.313 e. The van der Waals surface area contributed by atoms with Gasteiger partial charge in [-0.25, -0.2) is 0 Å². The zero-order valence-electron chi connectivity index (χ0n) is 15.2. The summed E-state index contributed by atoms with van der Waals surface area (Å²) in [5.74, 6) is -1.04. The zero-order valence-corrected chi connectivity index (χ0v) is 16.0. The molecule has 0 saturated carbocycles. The molecule has 0 bridgehead atoms. The highest BCUT2D eigenvalue weighted by molar-refractivity contribution is 8.00. The van der Waals surface area contributed by atoms with E-state index in [1.165, 1.54) is 0 Å². The van der Waals surface area contributed by atoms with E-state index < -0.39 is 17.6 Å². The molecule has 0 heterocycles. The normalized spacial score (nSPS) is 15.2. The quantitative estimate of drug-likeness (QED) is 0.592. The Hall–Kier alpha value is -1.78. The molecule has 134 valence electrons. The van der Waals surface area contributed by atoms with E-state index in [-0.39, 0.29) is 11.2 Å². The minimum absolute atomic E-state index is 0.146. The molecule has 0 spiro atoms. The van der Waals surface area contributed by atoms with Crippen molar-refractivity contribution in [2.75, 3.05) is 0 Å². The van der Waals surface area contributed by atoms with E-state index in [9.17, 15) is 9.90 Å². The molecule has 2 aromatic rings. The molecule has 2 aromatic carbocycles. The average molecular weight is 359 g/mol. The largest absolute Gasteiger partial charge is 0.460 e. The number of hydrogen-bond donors (Lipinski definition) is 1. The van der Waals surface area contributed by atoms with Crippen molar-refractivity contribution in [3.63, 3.8) is 0 Å². The van der Waals surface area contributed by atoms with Crippen LogP contribution in [0.3, 0.4) is 0 Å². The predicted octanol–water partition coefficient (Wildman–Crippen LogP) is 4.86. The number of carbonyl (C=O) groups is 1. The second-order valence-corrected chi connectivity index (χ2v) is 8.50. The minimum Gasteiger partial charge on any atom is -0.460 e. The minimum atomic E-state index is -0.915. The smallest absolute Gasteiger partial charge is 0.313 e. The van der Waals surface area contributed by atoms with Crippen molar-refractivity contribution in [3.05, 3.63) is 66.2 Å². The van der Waals surface area contributed by atoms with Gasteiger partial charge in [0.2, 0.25) is 0 Å². The van der Waals surface area contributed by atoms with Crippen LogP contribution in [0, 0.1) is 5.92 Å². The van der Waals surface area contributed by atoms with Gasteiger partial charge in [0.15, 0.2) is 0 Å². The van der Waals surface area contributed by atoms with E-state index in [1.807, 2.05) is 88.4 Å². The van der Waals surface area contributed by atoms with Crippen molar-refractivity contribution in [2.24, 2.45) is 5.92 Å². The number of aliphatic hydroxyl groups excluding tert-OH is 1. The number of hydrogen-bond acceptors (Lipinski definition) is 4. The molecule has 0 aliphatic carbocycles. The third kappa shape index (κ3) is 5.91. The van der Waals surface area contributed by atoms with Gasteiger partial charge in [-0.3, -0.25) is 4.79 Å². The van der Waals surface area contributed by atoms with Crippen LogP contribution in [-0.2, 0) is 9.53 Å². The Labute approximate surface area is 154 Å². The van der Waals surface area contributed by atoms with Crippen LogP contribution < -0.4 is 0 Å². The molecule has 3 nitrogen and oxygen atoms in total. The lowest BCUT2D eigenvalue weighted by Crippen LogP contribution is -2.36. The number of carbonyl (C=O) groups excluding carboxylic acids is 1. The van der Waals surface area contributed by atoms with Gasteiger partial charge in [-0.2, -0.15) is 0 Å². The summed E-state index contributed by atoms with van der Waals surface area (Å²) in [6, 6.07) is 19.2. The van der Waals surface area contributed by atoms with Crippen LogP contribution in [-0.4, -0.2) is 21.9 Å². The number of esters is 1. The Balaban J connectivity index is 2.26. The fourth-order valence-corrected chi connectivity index (χ4v) is 3.74. The fraction of sp³-hybridized carbons (Fsp3) is 0.381. The van der Waals surface area contributed by atoms with Gasteiger partial charge < -0.3 is 9.84 Å². The van der Waals surface area contributed by atoms with Crippen molar-refractivity contribution in [1.29, 1.82) is 0 Å². The molecule has 0 saturated heterocycles. The first-order valence-electron chi connectivity index (χ1n) is 8.45. The molecule has 0 fully saturated rings. The van der Waals surface area contributed by atoms with E-state index in [4.69, 9.17) is 4.74 Å². The third-order valence-corrected chi connectivity index (χ3v) is 4.94. The van der Waals surface area contributed by atoms with Crippen LogP contribution in [0.25, 0.3) is 0 Å². The molecule has 0 radical (unpaired) electrons. The first kappa shape index (κ1) is 19.5. The summed E-state index contributed by atoms with van der Waals surface area (Å²) < 4.78 is 5.59. The Morgan fingerprint density at radius 2 is 1.52 bits per heavy atom. The summed E-state index contributed by atoms with van der Waals surface area (Å²) in [5.41, 5.74) is 0.127. The predicted molar refractivity (Wildman–Crippen MR) is 102 cm³/mol. The molecule has 3 atom stereocenters. The van der Waals surface area contributed by atoms with E-state index in [2.05, 4.69) is 0 Å². The lowest BCUT2D eigenvalue weighted by Gasteiger charge is -2.30. The lowest BCUT2D eigenvalue weighted by atomic mass is 9.93. The van der Waals surface area contributed by atoms with Crippen molar-refractivity contribution < 1.29 is 14.6 Å². The van der Waals surface area contributed by atoms with Gasteiger partial charge in [0.25, 0.3) is 0 Å². The summed E-state index contributed by atoms with van der Waals surface area (Å²) in [6.45, 7) is 7.47. The Bertz CT molecular complexity index is 665. The number of aliphatic hydroxyl groups is 1. The Morgan fingerprint density at radius 3 is 2.04 bits per heavy atom. The topological polar surface area (TPSA) is 46.5 Å². The lowest BCUT2D eigenvalue weighted by molar-refractivity contribution is -0.164. The van der Waals surface area contributed by atoms with Crippen molar-refractivity contribution >= 4 is 17.7 Å². The van der Waals surface area contributed by atoms with Crippen LogP contribution in [0.2, 0.25) is 0 Å². The standard InChI is InChI=1S/C21H26O3S/c1-15(25-17-13-9-6-10-14-17)18(20(23)24-21(2,3)4)19(22)16-11-7-5-8-12-16/h5-15,18-19,22H,1-4H3/t15-,18+,19+/m0/s1. The first-order chi connectivity index (χ1) is 11.8. The van der Waals surface area contributed by atoms with Gasteiger partial charge in [0.1, 0.15) is 5.60 Å². The van der Waals surface area contributed by atoms with Gasteiger partial charge in [-0.05, 0) is 38.5 Å². The highest BCUT2D eigenvalue weighted by Crippen LogP contribution is 2.36. The van der Waals surface area contributed by atoms with Gasteiger partial charge >= 0.3 is 5.97 Å². The molecule has 0 aromatic heterocycles. The van der Waals surface area contributed by atoms with Crippen molar-refractivity contribution in [2.45, 2.75) is 49.5 Å². The van der Waals surface area contributed by atoms with E-state index in [1.54, 1.807) is 11.8 Å². The number of thioether (sulfide) groups is 1. The Kier molecular flexibility index (Phi) is 6.68. The van der Waals surface area contributed by atoms with E-state index in [0.29, 0.717) is 0 Å². The summed E-state index contributed by atoms with van der Waals surface area (Å²) in [6.07, 6.45) is -0.915. The van der Waals surface area contributed by atoms with Gasteiger partial charge in [-0.15, -0.1) is 11.8 Å². The highest BCUT2D eigenvalue weighted by Gasteiger charge is 2.36. The van der Waals surface area contributed by atoms with E-state index >= 15 is 0 Å². The molecule has 0 amide bonds. The number of ether oxygens (including phenoxy) is 1. The third-order valence-electron chi connectivity index (χ3n) is 3.73. The average Bonchev–Trinajstić information content (AvgIpc) is 2.55. The summed E-state index contributed by atoms with van der Waals surface area (Å²) in [4.78, 5) is 13.9. The zero-order chi connectivity index (χ0) is 18.4. The van der Waals surface area contributed by atoms with Crippen LogP contribution >= 0.6 is 11.8 Å². The first-order valence-corrected chi connectivity index (χ1v) is 9.33. The second kappa shape index (κ2) is 8.54. The van der Waals surface area contributed by atoms with E-state index in [0.717, 1.165) is 10.5 Å². The monoisotopic (exact) mass is 358 g/mol. The van der Waals surface area contributed by atoms with Crippen LogP contribution in [0.1, 0.15) is 39.4 Å². The molecule has 1 N–H and O–H groups in total. The van der Waals surface area contributed by atoms with Gasteiger partial charge in [-0.1, -0.05) is 55.5 Å². The summed E-state index contributed by atoms with van der Waals surface area (Å²) in [5, 5.41) is 10.7. The van der Waals surface area contributed by atoms with Crippen LogP contribution in [0.15, 0.2) is 65.6 Å². The molecule has 25 heavy (non-hydrogen) atoms. The van der Waals surface area contributed by atoms with Crippen LogP contribution in [0.4, 0.5) is 0 Å². The molecule has 0 unspecified atom stereocenters.